The Labute approximate surface area is 107 Å². The number of H-pyrrole nitrogens is 1. The molecule has 1 aromatic carbocycles. The van der Waals surface area contributed by atoms with Crippen molar-refractivity contribution in [3.8, 4) is 0 Å². The fraction of sp³-hybridized carbons (Fsp3) is 0.400. The van der Waals surface area contributed by atoms with Gasteiger partial charge >= 0.3 is 0 Å². The predicted octanol–water partition coefficient (Wildman–Crippen LogP) is 2.72. The number of carbonyl (C=O) groups is 1. The molecule has 1 aliphatic heterocycles. The van der Waals surface area contributed by atoms with Crippen molar-refractivity contribution in [1.29, 1.82) is 0 Å². The highest BCUT2D eigenvalue weighted by Crippen LogP contribution is 2.21. The first-order valence-corrected chi connectivity index (χ1v) is 6.60. The summed E-state index contributed by atoms with van der Waals surface area (Å²) in [5.41, 5.74) is 2.48. The number of likely N-dealkylation sites (tertiary alicyclic amines) is 1. The van der Waals surface area contributed by atoms with E-state index in [1.54, 1.807) is 0 Å². The van der Waals surface area contributed by atoms with E-state index in [4.69, 9.17) is 0 Å². The fourth-order valence-electron chi connectivity index (χ4n) is 2.80. The normalized spacial score (nSPS) is 19.9. The van der Waals surface area contributed by atoms with E-state index in [1.165, 1.54) is 16.5 Å². The van der Waals surface area contributed by atoms with Gasteiger partial charge in [-0.1, -0.05) is 18.2 Å². The minimum absolute atomic E-state index is 0.308. The lowest BCUT2D eigenvalue weighted by molar-refractivity contribution is -0.128. The second-order valence-electron chi connectivity index (χ2n) is 5.08. The number of aromatic amines is 1. The maximum Gasteiger partial charge on any atom is 0.222 e. The number of hydrogen-bond acceptors (Lipinski definition) is 1. The van der Waals surface area contributed by atoms with Gasteiger partial charge in [0.2, 0.25) is 5.91 Å². The minimum Gasteiger partial charge on any atom is -0.361 e. The van der Waals surface area contributed by atoms with Crippen LogP contribution in [0.4, 0.5) is 0 Å². The van der Waals surface area contributed by atoms with Crippen molar-refractivity contribution in [3.05, 3.63) is 36.0 Å². The molecule has 0 saturated carbocycles. The van der Waals surface area contributed by atoms with E-state index in [0.29, 0.717) is 11.9 Å². The average molecular weight is 242 g/mol. The van der Waals surface area contributed by atoms with E-state index in [1.807, 2.05) is 11.0 Å². The van der Waals surface area contributed by atoms with E-state index in [-0.39, 0.29) is 0 Å². The second-order valence-corrected chi connectivity index (χ2v) is 5.08. The molecule has 2 aromatic rings. The number of nitrogens with zero attached hydrogens (tertiary/aromatic N) is 1. The largest absolute Gasteiger partial charge is 0.361 e. The number of amides is 1. The number of carbonyl (C=O) groups excluding carboxylic acids is 1. The van der Waals surface area contributed by atoms with Gasteiger partial charge in [-0.3, -0.25) is 4.79 Å². The summed E-state index contributed by atoms with van der Waals surface area (Å²) in [5.74, 6) is 0.308. The predicted molar refractivity (Wildman–Crippen MR) is 72.4 cm³/mol. The zero-order valence-corrected chi connectivity index (χ0v) is 10.6. The molecule has 0 aliphatic carbocycles. The summed E-state index contributed by atoms with van der Waals surface area (Å²) < 4.78 is 0. The standard InChI is InChI=1S/C15H18N2O/c1-11-6-7-15(18)17(11)9-8-12-10-16-14-5-3-2-4-13(12)14/h2-5,10-11,16H,6-9H2,1H3. The first-order valence-electron chi connectivity index (χ1n) is 6.60. The highest BCUT2D eigenvalue weighted by Gasteiger charge is 2.26. The molecular formula is C15H18N2O. The molecule has 1 aliphatic rings. The number of nitrogens with one attached hydrogen (secondary N) is 1. The van der Waals surface area contributed by atoms with Crippen molar-refractivity contribution in [3.63, 3.8) is 0 Å². The van der Waals surface area contributed by atoms with E-state index in [0.717, 1.165) is 25.8 Å². The molecule has 3 nitrogen and oxygen atoms in total. The van der Waals surface area contributed by atoms with Crippen LogP contribution in [0.3, 0.4) is 0 Å². The topological polar surface area (TPSA) is 36.1 Å². The van der Waals surface area contributed by atoms with E-state index in [2.05, 4.69) is 36.3 Å². The number of hydrogen-bond donors (Lipinski definition) is 1. The first-order chi connectivity index (χ1) is 8.75. The van der Waals surface area contributed by atoms with Gasteiger partial charge in [-0.05, 0) is 31.4 Å². The van der Waals surface area contributed by atoms with Crippen LogP contribution in [0.5, 0.6) is 0 Å². The van der Waals surface area contributed by atoms with Gasteiger partial charge in [0.15, 0.2) is 0 Å². The summed E-state index contributed by atoms with van der Waals surface area (Å²) in [5, 5.41) is 1.27. The zero-order chi connectivity index (χ0) is 12.5. The van der Waals surface area contributed by atoms with Crippen molar-refractivity contribution >= 4 is 16.8 Å². The van der Waals surface area contributed by atoms with Crippen LogP contribution in [-0.4, -0.2) is 28.4 Å². The molecule has 1 fully saturated rings. The highest BCUT2D eigenvalue weighted by molar-refractivity contribution is 5.83. The van der Waals surface area contributed by atoms with Crippen molar-refractivity contribution in [2.75, 3.05) is 6.54 Å². The molecule has 3 heteroatoms. The number of para-hydroxylation sites is 1. The number of aromatic nitrogens is 1. The Hall–Kier alpha value is -1.77. The highest BCUT2D eigenvalue weighted by atomic mass is 16.2. The van der Waals surface area contributed by atoms with Crippen LogP contribution < -0.4 is 0 Å². The van der Waals surface area contributed by atoms with Crippen LogP contribution >= 0.6 is 0 Å². The third kappa shape index (κ3) is 1.90. The Bertz CT molecular complexity index is 573. The molecule has 2 heterocycles. The monoisotopic (exact) mass is 242 g/mol. The lowest BCUT2D eigenvalue weighted by atomic mass is 10.1. The molecule has 1 N–H and O–H groups in total. The SMILES string of the molecule is CC1CCC(=O)N1CCc1c[nH]c2ccccc12. The third-order valence-electron chi connectivity index (χ3n) is 3.93. The molecule has 0 radical (unpaired) electrons. The Balaban J connectivity index is 1.75. The summed E-state index contributed by atoms with van der Waals surface area (Å²) in [6.07, 6.45) is 4.72. The van der Waals surface area contributed by atoms with Crippen LogP contribution in [0.25, 0.3) is 10.9 Å². The molecule has 1 saturated heterocycles. The number of fused-ring (bicyclic) bond motifs is 1. The van der Waals surface area contributed by atoms with Crippen LogP contribution in [0.2, 0.25) is 0 Å². The quantitative estimate of drug-likeness (QED) is 0.882. The van der Waals surface area contributed by atoms with Gasteiger partial charge in [0.1, 0.15) is 0 Å². The van der Waals surface area contributed by atoms with Crippen molar-refractivity contribution < 1.29 is 4.79 Å². The summed E-state index contributed by atoms with van der Waals surface area (Å²) in [4.78, 5) is 17.0. The van der Waals surface area contributed by atoms with Crippen LogP contribution in [-0.2, 0) is 11.2 Å². The van der Waals surface area contributed by atoms with Gasteiger partial charge in [-0.25, -0.2) is 0 Å². The molecule has 0 bridgehead atoms. The van der Waals surface area contributed by atoms with E-state index < -0.39 is 0 Å². The maximum absolute atomic E-state index is 11.7. The molecule has 1 unspecified atom stereocenters. The number of rotatable bonds is 3. The minimum atomic E-state index is 0.308. The average Bonchev–Trinajstić information content (AvgIpc) is 2.93. The Morgan fingerprint density at radius 2 is 2.22 bits per heavy atom. The Morgan fingerprint density at radius 3 is 3.00 bits per heavy atom. The fourth-order valence-corrected chi connectivity index (χ4v) is 2.80. The molecule has 18 heavy (non-hydrogen) atoms. The van der Waals surface area contributed by atoms with Crippen LogP contribution in [0.1, 0.15) is 25.3 Å². The Morgan fingerprint density at radius 1 is 1.39 bits per heavy atom. The molecule has 1 amide bonds. The second kappa shape index (κ2) is 4.48. The Kier molecular flexibility index (Phi) is 2.82. The lowest BCUT2D eigenvalue weighted by Crippen LogP contribution is -2.32. The van der Waals surface area contributed by atoms with Crippen molar-refractivity contribution in [2.45, 2.75) is 32.2 Å². The van der Waals surface area contributed by atoms with Gasteiger partial charge in [-0.15, -0.1) is 0 Å². The molecule has 1 aromatic heterocycles. The lowest BCUT2D eigenvalue weighted by Gasteiger charge is -2.21. The first kappa shape index (κ1) is 11.3. The summed E-state index contributed by atoms with van der Waals surface area (Å²) in [6, 6.07) is 8.72. The number of benzene rings is 1. The summed E-state index contributed by atoms with van der Waals surface area (Å²) in [7, 11) is 0. The van der Waals surface area contributed by atoms with Crippen LogP contribution in [0.15, 0.2) is 30.5 Å². The third-order valence-corrected chi connectivity index (χ3v) is 3.93. The van der Waals surface area contributed by atoms with Gasteiger partial charge in [0, 0.05) is 36.1 Å². The van der Waals surface area contributed by atoms with Crippen molar-refractivity contribution in [2.24, 2.45) is 0 Å². The van der Waals surface area contributed by atoms with Crippen LogP contribution in [0, 0.1) is 0 Å². The van der Waals surface area contributed by atoms with E-state index >= 15 is 0 Å². The van der Waals surface area contributed by atoms with Crippen molar-refractivity contribution in [1.82, 2.24) is 9.88 Å². The zero-order valence-electron chi connectivity index (χ0n) is 10.6. The summed E-state index contributed by atoms with van der Waals surface area (Å²) in [6.45, 7) is 2.97. The maximum atomic E-state index is 11.7. The molecular weight excluding hydrogens is 224 g/mol. The van der Waals surface area contributed by atoms with Gasteiger partial charge < -0.3 is 9.88 Å². The van der Waals surface area contributed by atoms with Gasteiger partial charge in [0.25, 0.3) is 0 Å². The van der Waals surface area contributed by atoms with Gasteiger partial charge in [-0.2, -0.15) is 0 Å². The molecule has 1 atom stereocenters. The molecule has 94 valence electrons. The smallest absolute Gasteiger partial charge is 0.222 e. The summed E-state index contributed by atoms with van der Waals surface area (Å²) >= 11 is 0. The van der Waals surface area contributed by atoms with E-state index in [9.17, 15) is 4.79 Å². The van der Waals surface area contributed by atoms with Gasteiger partial charge in [0.05, 0.1) is 0 Å². The molecule has 3 rings (SSSR count). The molecule has 0 spiro atoms.